The molecule has 2 amide bonds. The Labute approximate surface area is 176 Å². The van der Waals surface area contributed by atoms with Crippen molar-refractivity contribution in [1.29, 1.82) is 0 Å². The SMILES string of the molecule is Cc1nc(-c2ncccn2)sc1C(=O)Nc1cc(F)ccc1NC(=O)OC(C)(C)C. The second kappa shape index (κ2) is 8.54. The van der Waals surface area contributed by atoms with Crippen LogP contribution in [0.5, 0.6) is 0 Å². The Bertz CT molecular complexity index is 1080. The quantitative estimate of drug-likeness (QED) is 0.625. The van der Waals surface area contributed by atoms with Crippen LogP contribution in [0.2, 0.25) is 0 Å². The zero-order valence-corrected chi connectivity index (χ0v) is 17.6. The molecule has 0 aliphatic rings. The van der Waals surface area contributed by atoms with Crippen LogP contribution in [0, 0.1) is 12.7 Å². The minimum atomic E-state index is -0.720. The number of benzene rings is 1. The summed E-state index contributed by atoms with van der Waals surface area (Å²) in [6.07, 6.45) is 2.45. The second-order valence-electron chi connectivity index (χ2n) is 7.28. The number of amides is 2. The largest absolute Gasteiger partial charge is 0.444 e. The molecule has 3 aromatic rings. The van der Waals surface area contributed by atoms with Crippen molar-refractivity contribution in [2.24, 2.45) is 0 Å². The van der Waals surface area contributed by atoms with Crippen LogP contribution in [0.15, 0.2) is 36.7 Å². The Morgan fingerprint density at radius 2 is 1.80 bits per heavy atom. The highest BCUT2D eigenvalue weighted by atomic mass is 32.1. The van der Waals surface area contributed by atoms with Crippen molar-refractivity contribution in [2.45, 2.75) is 33.3 Å². The molecule has 0 spiro atoms. The summed E-state index contributed by atoms with van der Waals surface area (Å²) in [4.78, 5) is 37.8. The number of halogens is 1. The molecule has 0 saturated carbocycles. The van der Waals surface area contributed by atoms with Crippen molar-refractivity contribution < 1.29 is 18.7 Å². The Kier molecular flexibility index (Phi) is 6.06. The molecule has 0 radical (unpaired) electrons. The van der Waals surface area contributed by atoms with Gasteiger partial charge in [0.2, 0.25) is 0 Å². The van der Waals surface area contributed by atoms with Crippen LogP contribution in [-0.2, 0) is 4.74 Å². The number of carbonyl (C=O) groups is 2. The van der Waals surface area contributed by atoms with Gasteiger partial charge in [0.25, 0.3) is 5.91 Å². The number of hydrogen-bond donors (Lipinski definition) is 2. The van der Waals surface area contributed by atoms with Gasteiger partial charge in [-0.2, -0.15) is 0 Å². The number of anilines is 2. The molecule has 2 heterocycles. The lowest BCUT2D eigenvalue weighted by atomic mass is 10.2. The lowest BCUT2D eigenvalue weighted by molar-refractivity contribution is 0.0635. The van der Waals surface area contributed by atoms with E-state index < -0.39 is 23.4 Å². The lowest BCUT2D eigenvalue weighted by Gasteiger charge is -2.20. The number of nitrogens with one attached hydrogen (secondary N) is 2. The fourth-order valence-electron chi connectivity index (χ4n) is 2.43. The van der Waals surface area contributed by atoms with E-state index in [9.17, 15) is 14.0 Å². The molecule has 0 aliphatic heterocycles. The van der Waals surface area contributed by atoms with Crippen molar-refractivity contribution in [3.8, 4) is 10.8 Å². The molecule has 2 N–H and O–H groups in total. The van der Waals surface area contributed by atoms with Gasteiger partial charge < -0.3 is 10.1 Å². The van der Waals surface area contributed by atoms with Gasteiger partial charge in [0, 0.05) is 12.4 Å². The third kappa shape index (κ3) is 5.35. The molecule has 0 aliphatic carbocycles. The molecular weight excluding hydrogens is 409 g/mol. The van der Waals surface area contributed by atoms with E-state index in [1.807, 2.05) is 0 Å². The summed E-state index contributed by atoms with van der Waals surface area (Å²) in [5.74, 6) is -0.660. The number of aromatic nitrogens is 3. The zero-order valence-electron chi connectivity index (χ0n) is 16.8. The third-order valence-electron chi connectivity index (χ3n) is 3.63. The van der Waals surface area contributed by atoms with Crippen LogP contribution in [0.25, 0.3) is 10.8 Å². The van der Waals surface area contributed by atoms with Crippen molar-refractivity contribution in [2.75, 3.05) is 10.6 Å². The Morgan fingerprint density at radius 1 is 1.10 bits per heavy atom. The molecule has 0 bridgehead atoms. The summed E-state index contributed by atoms with van der Waals surface area (Å²) in [6.45, 7) is 6.85. The van der Waals surface area contributed by atoms with Gasteiger partial charge in [0.1, 0.15) is 16.3 Å². The van der Waals surface area contributed by atoms with Crippen LogP contribution in [0.1, 0.15) is 36.1 Å². The number of rotatable bonds is 4. The summed E-state index contributed by atoms with van der Waals surface area (Å²) in [5.41, 5.74) is 0.0744. The van der Waals surface area contributed by atoms with Gasteiger partial charge >= 0.3 is 6.09 Å². The maximum Gasteiger partial charge on any atom is 0.412 e. The predicted molar refractivity (Wildman–Crippen MR) is 112 cm³/mol. The Hall–Kier alpha value is -3.40. The van der Waals surface area contributed by atoms with E-state index in [4.69, 9.17) is 4.74 Å². The summed E-state index contributed by atoms with van der Waals surface area (Å²) >= 11 is 1.12. The van der Waals surface area contributed by atoms with Gasteiger partial charge in [0.15, 0.2) is 10.8 Å². The number of thiazole rings is 1. The number of carbonyl (C=O) groups excluding carboxylic acids is 2. The van der Waals surface area contributed by atoms with Crippen molar-refractivity contribution >= 4 is 34.7 Å². The van der Waals surface area contributed by atoms with Crippen molar-refractivity contribution in [3.05, 3.63) is 53.0 Å². The first kappa shape index (κ1) is 21.3. The van der Waals surface area contributed by atoms with Crippen molar-refractivity contribution in [3.63, 3.8) is 0 Å². The fraction of sp³-hybridized carbons (Fsp3) is 0.250. The molecule has 3 rings (SSSR count). The van der Waals surface area contributed by atoms with E-state index in [2.05, 4.69) is 25.6 Å². The van der Waals surface area contributed by atoms with Crippen LogP contribution in [0.4, 0.5) is 20.6 Å². The molecule has 0 atom stereocenters. The minimum Gasteiger partial charge on any atom is -0.444 e. The Morgan fingerprint density at radius 3 is 2.47 bits per heavy atom. The highest BCUT2D eigenvalue weighted by Gasteiger charge is 2.21. The average molecular weight is 429 g/mol. The lowest BCUT2D eigenvalue weighted by Crippen LogP contribution is -2.27. The van der Waals surface area contributed by atoms with E-state index in [1.54, 1.807) is 46.2 Å². The number of hydrogen-bond acceptors (Lipinski definition) is 7. The molecule has 156 valence electrons. The predicted octanol–water partition coefficient (Wildman–Crippen LogP) is 4.65. The van der Waals surface area contributed by atoms with Crippen LogP contribution in [0.3, 0.4) is 0 Å². The normalized spacial score (nSPS) is 11.1. The van der Waals surface area contributed by atoms with Gasteiger partial charge in [-0.05, 0) is 52.0 Å². The summed E-state index contributed by atoms with van der Waals surface area (Å²) < 4.78 is 19.0. The van der Waals surface area contributed by atoms with Gasteiger partial charge in [0.05, 0.1) is 17.1 Å². The molecule has 0 unspecified atom stereocenters. The van der Waals surface area contributed by atoms with Gasteiger partial charge in [-0.1, -0.05) is 0 Å². The molecule has 30 heavy (non-hydrogen) atoms. The third-order valence-corrected chi connectivity index (χ3v) is 4.78. The van der Waals surface area contributed by atoms with Crippen LogP contribution < -0.4 is 10.6 Å². The molecule has 0 fully saturated rings. The first-order valence-electron chi connectivity index (χ1n) is 8.98. The van der Waals surface area contributed by atoms with Gasteiger partial charge in [-0.25, -0.2) is 24.1 Å². The molecule has 2 aromatic heterocycles. The molecule has 0 saturated heterocycles. The van der Waals surface area contributed by atoms with Crippen LogP contribution >= 0.6 is 11.3 Å². The van der Waals surface area contributed by atoms with E-state index in [1.165, 1.54) is 12.1 Å². The fourth-order valence-corrected chi connectivity index (χ4v) is 3.34. The van der Waals surface area contributed by atoms with E-state index >= 15 is 0 Å². The smallest absolute Gasteiger partial charge is 0.412 e. The average Bonchev–Trinajstić information content (AvgIpc) is 3.05. The second-order valence-corrected chi connectivity index (χ2v) is 8.28. The zero-order chi connectivity index (χ0) is 21.9. The summed E-state index contributed by atoms with van der Waals surface area (Å²) in [7, 11) is 0. The topological polar surface area (TPSA) is 106 Å². The number of nitrogens with zero attached hydrogens (tertiary/aromatic N) is 3. The maximum atomic E-state index is 13.8. The van der Waals surface area contributed by atoms with E-state index in [-0.39, 0.29) is 11.4 Å². The standard InChI is InChI=1S/C20H20FN5O3S/c1-11-15(30-18(24-11)16-22-8-5-9-23-16)17(27)25-14-10-12(21)6-7-13(14)26-19(28)29-20(2,3)4/h5-10H,1-4H3,(H,25,27)(H,26,28). The highest BCUT2D eigenvalue weighted by Crippen LogP contribution is 2.28. The monoisotopic (exact) mass is 429 g/mol. The highest BCUT2D eigenvalue weighted by molar-refractivity contribution is 7.17. The Balaban J connectivity index is 1.82. The number of ether oxygens (including phenoxy) is 1. The molecule has 8 nitrogen and oxygen atoms in total. The molecule has 10 heteroatoms. The van der Waals surface area contributed by atoms with E-state index in [0.717, 1.165) is 17.4 Å². The molecular formula is C20H20FN5O3S. The van der Waals surface area contributed by atoms with Gasteiger partial charge in [-0.3, -0.25) is 10.1 Å². The maximum absolute atomic E-state index is 13.8. The van der Waals surface area contributed by atoms with E-state index in [0.29, 0.717) is 21.4 Å². The number of aryl methyl sites for hydroxylation is 1. The minimum absolute atomic E-state index is 0.0937. The summed E-state index contributed by atoms with van der Waals surface area (Å²) in [5, 5.41) is 5.63. The molecule has 1 aromatic carbocycles. The summed E-state index contributed by atoms with van der Waals surface area (Å²) in [6, 6.07) is 5.31. The first-order valence-corrected chi connectivity index (χ1v) is 9.80. The first-order chi connectivity index (χ1) is 14.1. The van der Waals surface area contributed by atoms with Gasteiger partial charge in [-0.15, -0.1) is 11.3 Å². The van der Waals surface area contributed by atoms with Crippen molar-refractivity contribution in [1.82, 2.24) is 15.0 Å². The van der Waals surface area contributed by atoms with Crippen LogP contribution in [-0.4, -0.2) is 32.6 Å².